The summed E-state index contributed by atoms with van der Waals surface area (Å²) in [4.78, 5) is 2.81. The molecule has 2 fully saturated rings. The predicted molar refractivity (Wildman–Crippen MR) is 69.7 cm³/mol. The summed E-state index contributed by atoms with van der Waals surface area (Å²) in [5.74, 6) is 1.03. The molecule has 94 valence electrons. The fraction of sp³-hybridized carbons (Fsp3) is 1.00. The Balaban J connectivity index is 1.83. The van der Waals surface area contributed by atoms with E-state index in [1.807, 2.05) is 0 Å². The number of rotatable bonds is 5. The lowest BCUT2D eigenvalue weighted by atomic mass is 9.83. The molecule has 0 bridgehead atoms. The Morgan fingerprint density at radius 1 is 1.00 bits per heavy atom. The highest BCUT2D eigenvalue weighted by Gasteiger charge is 2.31. The van der Waals surface area contributed by atoms with Crippen LogP contribution in [0.4, 0.5) is 0 Å². The standard InChI is InChI=1S/C14H28N2/c1-3-9-16(14-10-15-11-14)13-7-5-12(4-2)6-8-13/h12-15H,3-11H2,1-2H3. The van der Waals surface area contributed by atoms with Gasteiger partial charge in [0, 0.05) is 25.2 Å². The van der Waals surface area contributed by atoms with Gasteiger partial charge in [0.05, 0.1) is 0 Å². The first-order valence-corrected chi connectivity index (χ1v) is 7.31. The third kappa shape index (κ3) is 2.78. The van der Waals surface area contributed by atoms with E-state index in [0.717, 1.165) is 18.0 Å². The molecule has 2 aliphatic rings. The minimum Gasteiger partial charge on any atom is -0.314 e. The van der Waals surface area contributed by atoms with E-state index < -0.39 is 0 Å². The summed E-state index contributed by atoms with van der Waals surface area (Å²) in [7, 11) is 0. The Kier molecular flexibility index (Phi) is 4.66. The summed E-state index contributed by atoms with van der Waals surface area (Å²) >= 11 is 0. The second-order valence-corrected chi connectivity index (χ2v) is 5.63. The van der Waals surface area contributed by atoms with Crippen LogP contribution in [0.1, 0.15) is 52.4 Å². The van der Waals surface area contributed by atoms with Crippen LogP contribution in [0, 0.1) is 5.92 Å². The molecule has 0 aromatic carbocycles. The minimum atomic E-state index is 0.850. The smallest absolute Gasteiger partial charge is 0.0348 e. The normalized spacial score (nSPS) is 31.7. The Labute approximate surface area is 101 Å². The molecule has 16 heavy (non-hydrogen) atoms. The molecular weight excluding hydrogens is 196 g/mol. The Morgan fingerprint density at radius 3 is 2.12 bits per heavy atom. The van der Waals surface area contributed by atoms with E-state index in [9.17, 15) is 0 Å². The van der Waals surface area contributed by atoms with Crippen LogP contribution in [0.3, 0.4) is 0 Å². The first kappa shape index (κ1) is 12.4. The molecular formula is C14H28N2. The van der Waals surface area contributed by atoms with Gasteiger partial charge in [-0.25, -0.2) is 0 Å². The fourth-order valence-electron chi connectivity index (χ4n) is 3.31. The van der Waals surface area contributed by atoms with Crippen LogP contribution in [0.15, 0.2) is 0 Å². The SMILES string of the molecule is CCCN(C1CCC(CC)CC1)C1CNC1. The van der Waals surface area contributed by atoms with E-state index in [1.165, 1.54) is 58.2 Å². The molecule has 1 aliphatic heterocycles. The molecule has 0 aromatic rings. The molecule has 1 saturated carbocycles. The van der Waals surface area contributed by atoms with Gasteiger partial charge in [0.15, 0.2) is 0 Å². The largest absolute Gasteiger partial charge is 0.314 e. The lowest BCUT2D eigenvalue weighted by Crippen LogP contribution is -2.60. The summed E-state index contributed by atoms with van der Waals surface area (Å²) in [5, 5.41) is 3.42. The van der Waals surface area contributed by atoms with Gasteiger partial charge >= 0.3 is 0 Å². The first-order chi connectivity index (χ1) is 7.85. The van der Waals surface area contributed by atoms with Gasteiger partial charge in [-0.3, -0.25) is 4.90 Å². The average molecular weight is 224 g/mol. The van der Waals surface area contributed by atoms with Crippen molar-refractivity contribution in [3.63, 3.8) is 0 Å². The minimum absolute atomic E-state index is 0.850. The van der Waals surface area contributed by atoms with Crippen molar-refractivity contribution in [2.24, 2.45) is 5.92 Å². The van der Waals surface area contributed by atoms with Gasteiger partial charge in [0.1, 0.15) is 0 Å². The van der Waals surface area contributed by atoms with Crippen molar-refractivity contribution in [3.8, 4) is 0 Å². The maximum Gasteiger partial charge on any atom is 0.0348 e. The Bertz CT molecular complexity index is 193. The van der Waals surface area contributed by atoms with Crippen molar-refractivity contribution in [2.75, 3.05) is 19.6 Å². The third-order valence-corrected chi connectivity index (χ3v) is 4.57. The molecule has 2 heteroatoms. The molecule has 2 rings (SSSR count). The van der Waals surface area contributed by atoms with Crippen molar-refractivity contribution < 1.29 is 0 Å². The Hall–Kier alpha value is -0.0800. The van der Waals surface area contributed by atoms with Crippen LogP contribution in [0.5, 0.6) is 0 Å². The molecule has 2 nitrogen and oxygen atoms in total. The highest BCUT2D eigenvalue weighted by atomic mass is 15.3. The predicted octanol–water partition coefficient (Wildman–Crippen LogP) is 2.64. The quantitative estimate of drug-likeness (QED) is 0.772. The van der Waals surface area contributed by atoms with Gasteiger partial charge in [0.2, 0.25) is 0 Å². The van der Waals surface area contributed by atoms with Crippen molar-refractivity contribution >= 4 is 0 Å². The van der Waals surface area contributed by atoms with Crippen molar-refractivity contribution in [2.45, 2.75) is 64.5 Å². The lowest BCUT2D eigenvalue weighted by Gasteiger charge is -2.45. The second kappa shape index (κ2) is 6.02. The molecule has 0 spiro atoms. The van der Waals surface area contributed by atoms with Crippen LogP contribution in [0.25, 0.3) is 0 Å². The van der Waals surface area contributed by atoms with Gasteiger partial charge in [-0.2, -0.15) is 0 Å². The molecule has 1 aliphatic carbocycles. The van der Waals surface area contributed by atoms with Crippen molar-refractivity contribution in [1.82, 2.24) is 10.2 Å². The number of nitrogens with zero attached hydrogens (tertiary/aromatic N) is 1. The van der Waals surface area contributed by atoms with Gasteiger partial charge in [-0.1, -0.05) is 20.3 Å². The van der Waals surface area contributed by atoms with E-state index in [1.54, 1.807) is 0 Å². The van der Waals surface area contributed by atoms with Gasteiger partial charge in [0.25, 0.3) is 0 Å². The second-order valence-electron chi connectivity index (χ2n) is 5.63. The zero-order chi connectivity index (χ0) is 11.4. The van der Waals surface area contributed by atoms with E-state index in [4.69, 9.17) is 0 Å². The highest BCUT2D eigenvalue weighted by Crippen LogP contribution is 2.30. The van der Waals surface area contributed by atoms with Crippen LogP contribution >= 0.6 is 0 Å². The fourth-order valence-corrected chi connectivity index (χ4v) is 3.31. The summed E-state index contributed by atoms with van der Waals surface area (Å²) in [6.07, 6.45) is 8.56. The summed E-state index contributed by atoms with van der Waals surface area (Å²) in [5.41, 5.74) is 0. The average Bonchev–Trinajstić information content (AvgIpc) is 2.26. The van der Waals surface area contributed by atoms with E-state index >= 15 is 0 Å². The molecule has 1 saturated heterocycles. The van der Waals surface area contributed by atoms with Crippen molar-refractivity contribution in [1.29, 1.82) is 0 Å². The van der Waals surface area contributed by atoms with Gasteiger partial charge in [-0.15, -0.1) is 0 Å². The van der Waals surface area contributed by atoms with E-state index in [2.05, 4.69) is 24.1 Å². The van der Waals surface area contributed by atoms with Crippen LogP contribution in [-0.4, -0.2) is 36.6 Å². The monoisotopic (exact) mass is 224 g/mol. The zero-order valence-corrected chi connectivity index (χ0v) is 11.0. The maximum atomic E-state index is 3.42. The maximum absolute atomic E-state index is 3.42. The molecule has 1 heterocycles. The number of hydrogen-bond acceptors (Lipinski definition) is 2. The molecule has 0 unspecified atom stereocenters. The summed E-state index contributed by atoms with van der Waals surface area (Å²) in [6.45, 7) is 8.44. The number of hydrogen-bond donors (Lipinski definition) is 1. The molecule has 0 aromatic heterocycles. The van der Waals surface area contributed by atoms with E-state index in [0.29, 0.717) is 0 Å². The van der Waals surface area contributed by atoms with Crippen LogP contribution in [-0.2, 0) is 0 Å². The first-order valence-electron chi connectivity index (χ1n) is 7.31. The topological polar surface area (TPSA) is 15.3 Å². The van der Waals surface area contributed by atoms with Gasteiger partial charge in [-0.05, 0) is 44.6 Å². The lowest BCUT2D eigenvalue weighted by molar-refractivity contribution is 0.0632. The summed E-state index contributed by atoms with van der Waals surface area (Å²) < 4.78 is 0. The van der Waals surface area contributed by atoms with E-state index in [-0.39, 0.29) is 0 Å². The van der Waals surface area contributed by atoms with Crippen LogP contribution in [0.2, 0.25) is 0 Å². The highest BCUT2D eigenvalue weighted by molar-refractivity contribution is 4.90. The third-order valence-electron chi connectivity index (χ3n) is 4.57. The van der Waals surface area contributed by atoms with Crippen LogP contribution < -0.4 is 5.32 Å². The van der Waals surface area contributed by atoms with Crippen molar-refractivity contribution in [3.05, 3.63) is 0 Å². The Morgan fingerprint density at radius 2 is 1.69 bits per heavy atom. The summed E-state index contributed by atoms with van der Waals surface area (Å²) in [6, 6.07) is 1.75. The molecule has 0 amide bonds. The molecule has 0 atom stereocenters. The zero-order valence-electron chi connectivity index (χ0n) is 11.0. The number of nitrogens with one attached hydrogen (secondary N) is 1. The molecule has 1 N–H and O–H groups in total. The molecule has 0 radical (unpaired) electrons. The van der Waals surface area contributed by atoms with Gasteiger partial charge < -0.3 is 5.32 Å².